The van der Waals surface area contributed by atoms with Gasteiger partial charge in [0.2, 0.25) is 0 Å². The quantitative estimate of drug-likeness (QED) is 0.915. The lowest BCUT2D eigenvalue weighted by Gasteiger charge is -2.16. The third kappa shape index (κ3) is 2.06. The Hall–Kier alpha value is -1.35. The van der Waals surface area contributed by atoms with Gasteiger partial charge in [-0.25, -0.2) is 4.98 Å². The van der Waals surface area contributed by atoms with E-state index in [0.717, 1.165) is 18.0 Å². The molecule has 102 valence electrons. The molecule has 0 saturated heterocycles. The second kappa shape index (κ2) is 4.97. The van der Waals surface area contributed by atoms with Gasteiger partial charge in [-0.2, -0.15) is 0 Å². The highest BCUT2D eigenvalue weighted by atomic mass is 15.1. The SMILES string of the molecule is CCn1c(C2CCCC2C)nc2cc(CN)ccc21. The highest BCUT2D eigenvalue weighted by Gasteiger charge is 2.29. The summed E-state index contributed by atoms with van der Waals surface area (Å²) in [6, 6.07) is 6.44. The first kappa shape index (κ1) is 12.7. The lowest BCUT2D eigenvalue weighted by molar-refractivity contribution is 0.491. The molecule has 2 unspecified atom stereocenters. The third-order valence-electron chi connectivity index (χ3n) is 4.59. The van der Waals surface area contributed by atoms with Crippen LogP contribution in [0.5, 0.6) is 0 Å². The van der Waals surface area contributed by atoms with Crippen LogP contribution < -0.4 is 5.73 Å². The van der Waals surface area contributed by atoms with Crippen molar-refractivity contribution >= 4 is 11.0 Å². The topological polar surface area (TPSA) is 43.8 Å². The fourth-order valence-electron chi connectivity index (χ4n) is 3.47. The summed E-state index contributed by atoms with van der Waals surface area (Å²) in [6.45, 7) is 6.16. The molecule has 0 spiro atoms. The van der Waals surface area contributed by atoms with E-state index >= 15 is 0 Å². The van der Waals surface area contributed by atoms with E-state index < -0.39 is 0 Å². The number of nitrogens with zero attached hydrogens (tertiary/aromatic N) is 2. The van der Waals surface area contributed by atoms with Crippen LogP contribution in [0.15, 0.2) is 18.2 Å². The van der Waals surface area contributed by atoms with Gasteiger partial charge in [0.05, 0.1) is 11.0 Å². The van der Waals surface area contributed by atoms with Crippen LogP contribution in [0.1, 0.15) is 50.4 Å². The van der Waals surface area contributed by atoms with Gasteiger partial charge in [-0.3, -0.25) is 0 Å². The Morgan fingerprint density at radius 1 is 1.37 bits per heavy atom. The van der Waals surface area contributed by atoms with Gasteiger partial charge in [0.15, 0.2) is 0 Å². The zero-order chi connectivity index (χ0) is 13.4. The smallest absolute Gasteiger partial charge is 0.113 e. The molecule has 0 bridgehead atoms. The Morgan fingerprint density at radius 2 is 2.21 bits per heavy atom. The van der Waals surface area contributed by atoms with E-state index in [-0.39, 0.29) is 0 Å². The standard InChI is InChI=1S/C16H23N3/c1-3-19-15-8-7-12(10-17)9-14(15)18-16(19)13-6-4-5-11(13)2/h7-9,11,13H,3-6,10,17H2,1-2H3. The van der Waals surface area contributed by atoms with Crippen molar-refractivity contribution in [2.45, 2.75) is 52.1 Å². The number of hydrogen-bond acceptors (Lipinski definition) is 2. The maximum Gasteiger partial charge on any atom is 0.113 e. The molecule has 0 radical (unpaired) electrons. The van der Waals surface area contributed by atoms with Gasteiger partial charge in [0.25, 0.3) is 0 Å². The first-order valence-electron chi connectivity index (χ1n) is 7.43. The average Bonchev–Trinajstić information content (AvgIpc) is 3.00. The van der Waals surface area contributed by atoms with Crippen LogP contribution in [-0.2, 0) is 13.1 Å². The Kier molecular flexibility index (Phi) is 3.31. The summed E-state index contributed by atoms with van der Waals surface area (Å²) in [4.78, 5) is 4.93. The molecule has 1 saturated carbocycles. The number of imidazole rings is 1. The fraction of sp³-hybridized carbons (Fsp3) is 0.562. The van der Waals surface area contributed by atoms with Crippen molar-refractivity contribution in [3.63, 3.8) is 0 Å². The van der Waals surface area contributed by atoms with Crippen LogP contribution in [0.2, 0.25) is 0 Å². The number of aromatic nitrogens is 2. The van der Waals surface area contributed by atoms with Crippen LogP contribution in [0.25, 0.3) is 11.0 Å². The number of benzene rings is 1. The van der Waals surface area contributed by atoms with Gasteiger partial charge >= 0.3 is 0 Å². The van der Waals surface area contributed by atoms with Crippen LogP contribution >= 0.6 is 0 Å². The van der Waals surface area contributed by atoms with Crippen LogP contribution in [0, 0.1) is 5.92 Å². The summed E-state index contributed by atoms with van der Waals surface area (Å²) in [5.74, 6) is 2.68. The predicted octanol–water partition coefficient (Wildman–Crippen LogP) is 3.42. The van der Waals surface area contributed by atoms with Gasteiger partial charge in [-0.1, -0.05) is 19.4 Å². The molecule has 3 heteroatoms. The molecule has 2 atom stereocenters. The Bertz CT molecular complexity index is 585. The Morgan fingerprint density at radius 3 is 2.84 bits per heavy atom. The van der Waals surface area contributed by atoms with Crippen molar-refractivity contribution in [1.82, 2.24) is 9.55 Å². The number of aryl methyl sites for hydroxylation is 1. The van der Waals surface area contributed by atoms with Crippen molar-refractivity contribution in [3.8, 4) is 0 Å². The molecule has 1 aromatic heterocycles. The predicted molar refractivity (Wildman–Crippen MR) is 79.1 cm³/mol. The second-order valence-corrected chi connectivity index (χ2v) is 5.76. The van der Waals surface area contributed by atoms with Crippen LogP contribution in [-0.4, -0.2) is 9.55 Å². The summed E-state index contributed by atoms with van der Waals surface area (Å²) in [5, 5.41) is 0. The van der Waals surface area contributed by atoms with E-state index in [9.17, 15) is 0 Å². The van der Waals surface area contributed by atoms with Crippen molar-refractivity contribution in [1.29, 1.82) is 0 Å². The summed E-state index contributed by atoms with van der Waals surface area (Å²) in [6.07, 6.45) is 3.96. The minimum atomic E-state index is 0.587. The van der Waals surface area contributed by atoms with Crippen molar-refractivity contribution in [3.05, 3.63) is 29.6 Å². The Balaban J connectivity index is 2.13. The van der Waals surface area contributed by atoms with Crippen molar-refractivity contribution < 1.29 is 0 Å². The molecule has 1 aliphatic carbocycles. The number of fused-ring (bicyclic) bond motifs is 1. The molecule has 0 amide bonds. The normalized spacial score (nSPS) is 23.3. The van der Waals surface area contributed by atoms with Crippen molar-refractivity contribution in [2.24, 2.45) is 11.7 Å². The van der Waals surface area contributed by atoms with E-state index in [1.54, 1.807) is 0 Å². The van der Waals surface area contributed by atoms with Gasteiger partial charge < -0.3 is 10.3 Å². The van der Waals surface area contributed by atoms with E-state index in [1.807, 2.05) is 0 Å². The van der Waals surface area contributed by atoms with E-state index in [1.165, 1.54) is 36.2 Å². The molecule has 1 aromatic carbocycles. The second-order valence-electron chi connectivity index (χ2n) is 5.76. The molecule has 19 heavy (non-hydrogen) atoms. The number of hydrogen-bond donors (Lipinski definition) is 1. The number of rotatable bonds is 3. The first-order valence-corrected chi connectivity index (χ1v) is 7.43. The minimum Gasteiger partial charge on any atom is -0.328 e. The van der Waals surface area contributed by atoms with Crippen molar-refractivity contribution in [2.75, 3.05) is 0 Å². The fourth-order valence-corrected chi connectivity index (χ4v) is 3.47. The highest BCUT2D eigenvalue weighted by molar-refractivity contribution is 5.77. The molecule has 2 aromatic rings. The van der Waals surface area contributed by atoms with Gasteiger partial charge in [0.1, 0.15) is 5.82 Å². The van der Waals surface area contributed by atoms with Crippen LogP contribution in [0.3, 0.4) is 0 Å². The summed E-state index contributed by atoms with van der Waals surface area (Å²) in [5.41, 5.74) is 9.26. The van der Waals surface area contributed by atoms with Crippen LogP contribution in [0.4, 0.5) is 0 Å². The first-order chi connectivity index (χ1) is 9.24. The zero-order valence-corrected chi connectivity index (χ0v) is 11.9. The zero-order valence-electron chi connectivity index (χ0n) is 11.9. The largest absolute Gasteiger partial charge is 0.328 e. The molecule has 3 nitrogen and oxygen atoms in total. The van der Waals surface area contributed by atoms with Gasteiger partial charge in [-0.15, -0.1) is 0 Å². The highest BCUT2D eigenvalue weighted by Crippen LogP contribution is 2.39. The molecule has 0 aliphatic heterocycles. The molecular weight excluding hydrogens is 234 g/mol. The minimum absolute atomic E-state index is 0.587. The average molecular weight is 257 g/mol. The molecule has 3 rings (SSSR count). The lowest BCUT2D eigenvalue weighted by atomic mass is 9.97. The third-order valence-corrected chi connectivity index (χ3v) is 4.59. The van der Waals surface area contributed by atoms with E-state index in [4.69, 9.17) is 10.7 Å². The lowest BCUT2D eigenvalue weighted by Crippen LogP contribution is -2.10. The summed E-state index contributed by atoms with van der Waals surface area (Å²) < 4.78 is 2.39. The monoisotopic (exact) mass is 257 g/mol. The van der Waals surface area contributed by atoms with E-state index in [2.05, 4.69) is 36.6 Å². The molecule has 1 aliphatic rings. The molecule has 1 fully saturated rings. The Labute approximate surface area is 114 Å². The molecular formula is C16H23N3. The molecule has 1 heterocycles. The molecule has 2 N–H and O–H groups in total. The van der Waals surface area contributed by atoms with Gasteiger partial charge in [-0.05, 0) is 43.4 Å². The maximum atomic E-state index is 5.73. The summed E-state index contributed by atoms with van der Waals surface area (Å²) >= 11 is 0. The maximum absolute atomic E-state index is 5.73. The van der Waals surface area contributed by atoms with E-state index in [0.29, 0.717) is 12.5 Å². The summed E-state index contributed by atoms with van der Waals surface area (Å²) in [7, 11) is 0. The number of nitrogens with two attached hydrogens (primary N) is 1. The van der Waals surface area contributed by atoms with Gasteiger partial charge in [0, 0.05) is 19.0 Å².